The zero-order valence-corrected chi connectivity index (χ0v) is 7.42. The molecule has 0 aromatic carbocycles. The number of carbonyl (C=O) groups excluding carboxylic acids is 1. The van der Waals surface area contributed by atoms with Crippen LogP contribution in [0.3, 0.4) is 0 Å². The van der Waals surface area contributed by atoms with Crippen LogP contribution in [0, 0.1) is 11.8 Å². The molecule has 0 aromatic heterocycles. The molecule has 0 rings (SSSR count). The van der Waals surface area contributed by atoms with Gasteiger partial charge in [-0.25, -0.2) is 4.79 Å². The highest BCUT2D eigenvalue weighted by Gasteiger charge is 2.00. The van der Waals surface area contributed by atoms with Gasteiger partial charge in [0.15, 0.2) is 0 Å². The lowest BCUT2D eigenvalue weighted by Gasteiger charge is -2.00. The average molecular weight is 168 g/mol. The fourth-order valence-electron chi connectivity index (χ4n) is 0.450. The summed E-state index contributed by atoms with van der Waals surface area (Å²) in [5.74, 6) is 3.85. The molecular weight excluding hydrogens is 156 g/mol. The number of allylic oxidation sites excluding steroid dienone is 1. The third-order valence-electron chi connectivity index (χ3n) is 1.38. The van der Waals surface area contributed by atoms with Crippen LogP contribution in [0.2, 0.25) is 0 Å². The first-order valence-corrected chi connectivity index (χ1v) is 3.52. The molecule has 1 unspecified atom stereocenters. The van der Waals surface area contributed by atoms with Crippen LogP contribution in [0.25, 0.3) is 0 Å². The van der Waals surface area contributed by atoms with E-state index in [1.165, 1.54) is 7.11 Å². The van der Waals surface area contributed by atoms with E-state index in [2.05, 4.69) is 16.6 Å². The largest absolute Gasteiger partial charge is 0.459 e. The van der Waals surface area contributed by atoms with E-state index in [1.807, 2.05) is 0 Å². The Bertz CT molecular complexity index is 242. The quantitative estimate of drug-likeness (QED) is 0.268. The van der Waals surface area contributed by atoms with Crippen molar-refractivity contribution in [2.24, 2.45) is 0 Å². The molecule has 0 heterocycles. The molecule has 0 aliphatic carbocycles. The van der Waals surface area contributed by atoms with Crippen LogP contribution in [0.4, 0.5) is 0 Å². The van der Waals surface area contributed by atoms with Gasteiger partial charge in [-0.15, -0.1) is 0 Å². The molecule has 0 saturated carbocycles. The molecule has 0 aromatic rings. The second kappa shape index (κ2) is 5.39. The summed E-state index contributed by atoms with van der Waals surface area (Å²) in [5, 5.41) is 9.21. The Morgan fingerprint density at radius 3 is 2.67 bits per heavy atom. The lowest BCUT2D eigenvalue weighted by Crippen LogP contribution is -2.05. The zero-order valence-electron chi connectivity index (χ0n) is 7.42. The van der Waals surface area contributed by atoms with Crippen molar-refractivity contribution in [2.75, 3.05) is 7.11 Å². The van der Waals surface area contributed by atoms with Crippen LogP contribution < -0.4 is 0 Å². The van der Waals surface area contributed by atoms with Gasteiger partial charge in [0.2, 0.25) is 0 Å². The Labute approximate surface area is 72.0 Å². The molecule has 1 atom stereocenters. The normalized spacial score (nSPS) is 12.8. The van der Waals surface area contributed by atoms with Crippen LogP contribution in [0.5, 0.6) is 0 Å². The average Bonchev–Trinajstić information content (AvgIpc) is 2.11. The molecule has 0 saturated heterocycles. The Balaban J connectivity index is 4.22. The number of rotatable bonds is 1. The van der Waals surface area contributed by atoms with Crippen LogP contribution in [-0.2, 0) is 9.53 Å². The smallest absolute Gasteiger partial charge is 0.384 e. The maximum absolute atomic E-state index is 10.5. The van der Waals surface area contributed by atoms with Crippen molar-refractivity contribution in [3.63, 3.8) is 0 Å². The van der Waals surface area contributed by atoms with Crippen LogP contribution in [0.15, 0.2) is 11.6 Å². The van der Waals surface area contributed by atoms with Crippen LogP contribution in [-0.4, -0.2) is 24.3 Å². The maximum Gasteiger partial charge on any atom is 0.384 e. The summed E-state index contributed by atoms with van der Waals surface area (Å²) in [7, 11) is 1.24. The van der Waals surface area contributed by atoms with Gasteiger partial charge < -0.3 is 9.84 Å². The SMILES string of the molecule is C/C=C(/C)C(O)C#CC(=O)OC. The van der Waals surface area contributed by atoms with Gasteiger partial charge in [-0.1, -0.05) is 12.0 Å². The lowest BCUT2D eigenvalue weighted by molar-refractivity contribution is -0.133. The monoisotopic (exact) mass is 168 g/mol. The molecule has 1 N–H and O–H groups in total. The highest BCUT2D eigenvalue weighted by atomic mass is 16.5. The predicted octanol–water partition coefficient (Wildman–Crippen LogP) is 0.490. The Hall–Kier alpha value is -1.27. The minimum atomic E-state index is -0.880. The van der Waals surface area contributed by atoms with Gasteiger partial charge >= 0.3 is 5.97 Å². The van der Waals surface area contributed by atoms with Crippen molar-refractivity contribution < 1.29 is 14.6 Å². The molecule has 12 heavy (non-hydrogen) atoms. The molecule has 0 aliphatic heterocycles. The van der Waals surface area contributed by atoms with Crippen LogP contribution in [0.1, 0.15) is 13.8 Å². The Morgan fingerprint density at radius 1 is 1.67 bits per heavy atom. The standard InChI is InChI=1S/C9H12O3/c1-4-7(2)8(10)5-6-9(11)12-3/h4,8,10H,1-3H3/b7-4-. The first kappa shape index (κ1) is 10.7. The Kier molecular flexibility index (Phi) is 4.82. The predicted molar refractivity (Wildman–Crippen MR) is 45.2 cm³/mol. The van der Waals surface area contributed by atoms with Crippen molar-refractivity contribution in [1.29, 1.82) is 0 Å². The number of hydrogen-bond donors (Lipinski definition) is 1. The number of aliphatic hydroxyl groups excluding tert-OH is 1. The molecule has 0 fully saturated rings. The molecule has 0 bridgehead atoms. The number of carbonyl (C=O) groups is 1. The fourth-order valence-corrected chi connectivity index (χ4v) is 0.450. The molecule has 3 nitrogen and oxygen atoms in total. The van der Waals surface area contributed by atoms with Crippen molar-refractivity contribution in [2.45, 2.75) is 20.0 Å². The highest BCUT2D eigenvalue weighted by Crippen LogP contribution is 1.98. The van der Waals surface area contributed by atoms with Gasteiger partial charge in [0.25, 0.3) is 0 Å². The molecule has 0 amide bonds. The summed E-state index contributed by atoms with van der Waals surface area (Å²) in [6, 6.07) is 0. The van der Waals surface area contributed by atoms with Crippen LogP contribution >= 0.6 is 0 Å². The van der Waals surface area contributed by atoms with E-state index in [0.29, 0.717) is 5.57 Å². The minimum absolute atomic E-state index is 0.641. The van der Waals surface area contributed by atoms with E-state index in [9.17, 15) is 9.90 Å². The van der Waals surface area contributed by atoms with E-state index >= 15 is 0 Å². The van der Waals surface area contributed by atoms with Gasteiger partial charge in [-0.2, -0.15) is 0 Å². The number of esters is 1. The topological polar surface area (TPSA) is 46.5 Å². The molecule has 0 spiro atoms. The van der Waals surface area contributed by atoms with Crippen molar-refractivity contribution in [1.82, 2.24) is 0 Å². The van der Waals surface area contributed by atoms with Crippen molar-refractivity contribution in [3.8, 4) is 11.8 Å². The van der Waals surface area contributed by atoms with Gasteiger partial charge in [-0.05, 0) is 19.4 Å². The van der Waals surface area contributed by atoms with E-state index in [0.717, 1.165) is 0 Å². The summed E-state index contributed by atoms with van der Waals surface area (Å²) in [5.41, 5.74) is 0.714. The van der Waals surface area contributed by atoms with Gasteiger partial charge in [0.05, 0.1) is 7.11 Å². The second-order valence-electron chi connectivity index (χ2n) is 2.20. The maximum atomic E-state index is 10.5. The van der Waals surface area contributed by atoms with Gasteiger partial charge in [0, 0.05) is 5.92 Å². The zero-order chi connectivity index (χ0) is 9.56. The number of ether oxygens (including phenoxy) is 1. The fraction of sp³-hybridized carbons (Fsp3) is 0.444. The van der Waals surface area contributed by atoms with E-state index < -0.39 is 12.1 Å². The van der Waals surface area contributed by atoms with E-state index in [1.54, 1.807) is 19.9 Å². The first-order chi connectivity index (χ1) is 5.61. The van der Waals surface area contributed by atoms with E-state index in [-0.39, 0.29) is 0 Å². The molecule has 0 radical (unpaired) electrons. The third kappa shape index (κ3) is 3.79. The molecular formula is C9H12O3. The van der Waals surface area contributed by atoms with Crippen molar-refractivity contribution in [3.05, 3.63) is 11.6 Å². The van der Waals surface area contributed by atoms with Gasteiger partial charge in [0.1, 0.15) is 6.10 Å². The Morgan fingerprint density at radius 2 is 2.25 bits per heavy atom. The van der Waals surface area contributed by atoms with E-state index in [4.69, 9.17) is 0 Å². The lowest BCUT2D eigenvalue weighted by atomic mass is 10.2. The summed E-state index contributed by atoms with van der Waals surface area (Å²) in [4.78, 5) is 10.5. The number of hydrogen-bond acceptors (Lipinski definition) is 3. The minimum Gasteiger partial charge on any atom is -0.459 e. The first-order valence-electron chi connectivity index (χ1n) is 3.52. The highest BCUT2D eigenvalue weighted by molar-refractivity contribution is 5.88. The second-order valence-corrected chi connectivity index (χ2v) is 2.20. The summed E-state index contributed by atoms with van der Waals surface area (Å²) in [6.07, 6.45) is 0.852. The number of methoxy groups -OCH3 is 1. The third-order valence-corrected chi connectivity index (χ3v) is 1.38. The summed E-state index contributed by atoms with van der Waals surface area (Å²) >= 11 is 0. The summed E-state index contributed by atoms with van der Waals surface area (Å²) < 4.78 is 4.27. The number of aliphatic hydroxyl groups is 1. The molecule has 3 heteroatoms. The summed E-state index contributed by atoms with van der Waals surface area (Å²) in [6.45, 7) is 3.52. The van der Waals surface area contributed by atoms with Crippen molar-refractivity contribution >= 4 is 5.97 Å². The molecule has 66 valence electrons. The van der Waals surface area contributed by atoms with Gasteiger partial charge in [-0.3, -0.25) is 0 Å². The molecule has 0 aliphatic rings.